The molecule has 90 valence electrons. The van der Waals surface area contributed by atoms with Gasteiger partial charge in [-0.2, -0.15) is 4.98 Å². The van der Waals surface area contributed by atoms with E-state index in [9.17, 15) is 4.79 Å². The fourth-order valence-electron chi connectivity index (χ4n) is 1.28. The zero-order valence-electron chi connectivity index (χ0n) is 9.21. The van der Waals surface area contributed by atoms with Crippen LogP contribution in [0.2, 0.25) is 0 Å². The van der Waals surface area contributed by atoms with Crippen LogP contribution in [0.5, 0.6) is 0 Å². The summed E-state index contributed by atoms with van der Waals surface area (Å²) in [5.74, 6) is 0.648. The van der Waals surface area contributed by atoms with Crippen molar-refractivity contribution in [2.24, 2.45) is 5.73 Å². The number of hydrogen-bond acceptors (Lipinski definition) is 6. The molecule has 0 fully saturated rings. The Morgan fingerprint density at radius 3 is 3.12 bits per heavy atom. The molecule has 0 radical (unpaired) electrons. The third-order valence-electron chi connectivity index (χ3n) is 2.12. The Morgan fingerprint density at radius 1 is 1.71 bits per heavy atom. The summed E-state index contributed by atoms with van der Waals surface area (Å²) in [6, 6.07) is 3.03. The van der Waals surface area contributed by atoms with Gasteiger partial charge in [0, 0.05) is 4.88 Å². The number of nitrogens with two attached hydrogens (primary N) is 1. The number of nitrogens with one attached hydrogen (secondary N) is 1. The van der Waals surface area contributed by atoms with Crippen molar-refractivity contribution >= 4 is 17.2 Å². The number of amides is 1. The fourth-order valence-corrected chi connectivity index (χ4v) is 2.01. The van der Waals surface area contributed by atoms with Gasteiger partial charge in [0.1, 0.15) is 6.04 Å². The van der Waals surface area contributed by atoms with Crippen LogP contribution >= 0.6 is 11.3 Å². The molecule has 1 atom stereocenters. The van der Waals surface area contributed by atoms with E-state index in [2.05, 4.69) is 15.5 Å². The molecule has 0 saturated carbocycles. The van der Waals surface area contributed by atoms with Gasteiger partial charge in [-0.15, -0.1) is 11.3 Å². The predicted octanol–water partition coefficient (Wildman–Crippen LogP) is 0.756. The first-order valence-corrected chi connectivity index (χ1v) is 5.90. The van der Waals surface area contributed by atoms with E-state index in [1.54, 1.807) is 6.92 Å². The van der Waals surface area contributed by atoms with Crippen LogP contribution in [-0.4, -0.2) is 16.0 Å². The van der Waals surface area contributed by atoms with Crippen LogP contribution in [0.25, 0.3) is 0 Å². The molecule has 6 nitrogen and oxygen atoms in total. The number of carbonyl (C=O) groups is 1. The van der Waals surface area contributed by atoms with E-state index >= 15 is 0 Å². The number of aryl methyl sites for hydroxylation is 1. The quantitative estimate of drug-likeness (QED) is 0.837. The summed E-state index contributed by atoms with van der Waals surface area (Å²) in [6.45, 7) is 1.91. The highest BCUT2D eigenvalue weighted by Crippen LogP contribution is 2.16. The summed E-state index contributed by atoms with van der Waals surface area (Å²) in [6.07, 6.45) is 0. The molecule has 0 aliphatic heterocycles. The largest absolute Gasteiger partial charge is 0.345 e. The van der Waals surface area contributed by atoms with Crippen molar-refractivity contribution in [2.45, 2.75) is 19.5 Å². The van der Waals surface area contributed by atoms with Crippen molar-refractivity contribution in [2.75, 3.05) is 0 Å². The van der Waals surface area contributed by atoms with Crippen LogP contribution in [0.1, 0.15) is 22.6 Å². The van der Waals surface area contributed by atoms with E-state index in [4.69, 9.17) is 10.3 Å². The molecule has 2 aromatic rings. The Bertz CT molecular complexity index is 494. The third kappa shape index (κ3) is 2.89. The molecule has 0 bridgehead atoms. The standard InChI is InChI=1S/C10H12N4O2S/c1-6-13-8(16-14-6)5-12-10(15)9(11)7-3-2-4-17-7/h2-4,9H,5,11H2,1H3,(H,12,15). The Kier molecular flexibility index (Phi) is 3.50. The number of thiophene rings is 1. The van der Waals surface area contributed by atoms with Gasteiger partial charge in [0.2, 0.25) is 11.8 Å². The summed E-state index contributed by atoms with van der Waals surface area (Å²) < 4.78 is 4.87. The van der Waals surface area contributed by atoms with Crippen LogP contribution in [0, 0.1) is 6.92 Å². The highest BCUT2D eigenvalue weighted by molar-refractivity contribution is 7.10. The van der Waals surface area contributed by atoms with E-state index in [0.717, 1.165) is 4.88 Å². The van der Waals surface area contributed by atoms with E-state index in [1.807, 2.05) is 17.5 Å². The van der Waals surface area contributed by atoms with Gasteiger partial charge in [0.15, 0.2) is 5.82 Å². The SMILES string of the molecule is Cc1noc(CNC(=O)C(N)c2cccs2)n1. The van der Waals surface area contributed by atoms with Gasteiger partial charge in [0.05, 0.1) is 6.54 Å². The average Bonchev–Trinajstić information content (AvgIpc) is 2.95. The van der Waals surface area contributed by atoms with E-state index in [-0.39, 0.29) is 12.5 Å². The van der Waals surface area contributed by atoms with Crippen molar-refractivity contribution in [1.82, 2.24) is 15.5 Å². The second-order valence-corrected chi connectivity index (χ2v) is 4.43. The van der Waals surface area contributed by atoms with Crippen molar-refractivity contribution in [3.63, 3.8) is 0 Å². The topological polar surface area (TPSA) is 94.0 Å². The molecule has 7 heteroatoms. The van der Waals surface area contributed by atoms with Gasteiger partial charge in [0.25, 0.3) is 0 Å². The molecule has 2 aromatic heterocycles. The molecule has 17 heavy (non-hydrogen) atoms. The average molecular weight is 252 g/mol. The Hall–Kier alpha value is -1.73. The Morgan fingerprint density at radius 2 is 2.53 bits per heavy atom. The maximum atomic E-state index is 11.7. The van der Waals surface area contributed by atoms with Gasteiger partial charge < -0.3 is 15.6 Å². The summed E-state index contributed by atoms with van der Waals surface area (Å²) in [5, 5.41) is 8.15. The van der Waals surface area contributed by atoms with Crippen LogP contribution in [-0.2, 0) is 11.3 Å². The lowest BCUT2D eigenvalue weighted by atomic mass is 10.2. The summed E-state index contributed by atoms with van der Waals surface area (Å²) in [4.78, 5) is 16.5. The van der Waals surface area contributed by atoms with E-state index in [1.165, 1.54) is 11.3 Å². The molecule has 3 N–H and O–H groups in total. The zero-order chi connectivity index (χ0) is 12.3. The lowest BCUT2D eigenvalue weighted by Gasteiger charge is -2.08. The third-order valence-corrected chi connectivity index (χ3v) is 3.07. The summed E-state index contributed by atoms with van der Waals surface area (Å²) in [5.41, 5.74) is 5.78. The van der Waals surface area contributed by atoms with Crippen molar-refractivity contribution in [3.8, 4) is 0 Å². The lowest BCUT2D eigenvalue weighted by molar-refractivity contribution is -0.122. The second-order valence-electron chi connectivity index (χ2n) is 3.45. The van der Waals surface area contributed by atoms with Crippen LogP contribution < -0.4 is 11.1 Å². The minimum Gasteiger partial charge on any atom is -0.345 e. The van der Waals surface area contributed by atoms with Gasteiger partial charge in [-0.3, -0.25) is 4.79 Å². The minimum absolute atomic E-state index is 0.193. The molecule has 2 heterocycles. The highest BCUT2D eigenvalue weighted by atomic mass is 32.1. The van der Waals surface area contributed by atoms with Gasteiger partial charge >= 0.3 is 0 Å². The fraction of sp³-hybridized carbons (Fsp3) is 0.300. The molecule has 1 amide bonds. The molecule has 0 aliphatic rings. The maximum absolute atomic E-state index is 11.7. The molecule has 0 aliphatic carbocycles. The summed E-state index contributed by atoms with van der Waals surface area (Å²) >= 11 is 1.45. The van der Waals surface area contributed by atoms with Crippen LogP contribution in [0.15, 0.2) is 22.0 Å². The molecule has 0 aromatic carbocycles. The van der Waals surface area contributed by atoms with E-state index < -0.39 is 6.04 Å². The van der Waals surface area contributed by atoms with Crippen LogP contribution in [0.4, 0.5) is 0 Å². The Labute approximate surface area is 102 Å². The molecule has 1 unspecified atom stereocenters. The van der Waals surface area contributed by atoms with Gasteiger partial charge in [-0.05, 0) is 18.4 Å². The van der Waals surface area contributed by atoms with Crippen molar-refractivity contribution in [3.05, 3.63) is 34.1 Å². The first-order chi connectivity index (χ1) is 8.16. The van der Waals surface area contributed by atoms with Crippen molar-refractivity contribution < 1.29 is 9.32 Å². The number of nitrogens with zero attached hydrogens (tertiary/aromatic N) is 2. The van der Waals surface area contributed by atoms with Gasteiger partial charge in [-0.1, -0.05) is 11.2 Å². The number of hydrogen-bond donors (Lipinski definition) is 2. The highest BCUT2D eigenvalue weighted by Gasteiger charge is 2.17. The first-order valence-electron chi connectivity index (χ1n) is 5.02. The minimum atomic E-state index is -0.654. The normalized spacial score (nSPS) is 12.4. The lowest BCUT2D eigenvalue weighted by Crippen LogP contribution is -2.33. The Balaban J connectivity index is 1.89. The molecule has 0 spiro atoms. The van der Waals surface area contributed by atoms with Gasteiger partial charge in [-0.25, -0.2) is 0 Å². The smallest absolute Gasteiger partial charge is 0.246 e. The molecular formula is C10H12N4O2S. The number of aromatic nitrogens is 2. The number of rotatable bonds is 4. The second kappa shape index (κ2) is 5.07. The first kappa shape index (κ1) is 11.7. The van der Waals surface area contributed by atoms with E-state index in [0.29, 0.717) is 11.7 Å². The van der Waals surface area contributed by atoms with Crippen LogP contribution in [0.3, 0.4) is 0 Å². The monoisotopic (exact) mass is 252 g/mol. The summed E-state index contributed by atoms with van der Waals surface area (Å²) in [7, 11) is 0. The number of carbonyl (C=O) groups excluding carboxylic acids is 1. The molecule has 0 saturated heterocycles. The van der Waals surface area contributed by atoms with Crippen molar-refractivity contribution in [1.29, 1.82) is 0 Å². The maximum Gasteiger partial charge on any atom is 0.246 e. The molecule has 2 rings (SSSR count). The molecular weight excluding hydrogens is 240 g/mol. The predicted molar refractivity (Wildman–Crippen MR) is 62.1 cm³/mol. The zero-order valence-corrected chi connectivity index (χ0v) is 10.0.